The smallest absolute Gasteiger partial charge is 0.164 e. The van der Waals surface area contributed by atoms with Gasteiger partial charge in [-0.05, 0) is 62.5 Å². The van der Waals surface area contributed by atoms with E-state index >= 15 is 0 Å². The third-order valence-electron chi connectivity index (χ3n) is 9.38. The summed E-state index contributed by atoms with van der Waals surface area (Å²) in [5.74, 6) is 1.67. The average Bonchev–Trinajstić information content (AvgIpc) is 3.63. The van der Waals surface area contributed by atoms with Gasteiger partial charge in [-0.2, -0.15) is 0 Å². The maximum atomic E-state index is 8.89. The molecule has 0 spiro atoms. The molecule has 0 aliphatic rings. The van der Waals surface area contributed by atoms with Crippen molar-refractivity contribution in [3.63, 3.8) is 0 Å². The lowest BCUT2D eigenvalue weighted by Gasteiger charge is -2.12. The van der Waals surface area contributed by atoms with Crippen LogP contribution in [-0.2, 0) is 0 Å². The normalized spacial score (nSPS) is 12.9. The van der Waals surface area contributed by atoms with E-state index in [1.807, 2.05) is 84.9 Å². The summed E-state index contributed by atoms with van der Waals surface area (Å²) in [6.45, 7) is 0. The van der Waals surface area contributed by atoms with Crippen molar-refractivity contribution in [2.24, 2.45) is 0 Å². The Bertz CT molecular complexity index is 3170. The van der Waals surface area contributed by atoms with Crippen LogP contribution in [0.25, 0.3) is 98.1 Å². The molecular formula is C47H29N3S. The van der Waals surface area contributed by atoms with Gasteiger partial charge in [-0.15, -0.1) is 11.3 Å². The standard InChI is InChI=1S/C47H29N3S/c1-4-14-30(15-5-1)35-27-40(31-16-6-2-7-17-31)44-41(28-35)39-25-24-34(29-43(39)51-44)46-48-45(32-18-8-3-9-19-32)49-47(50-46)42-26-33-20-10-11-21-36(33)37-22-12-13-23-38(37)42/h1-29H/i2D,6D,7D,16D,17D. The monoisotopic (exact) mass is 672 g/mol. The second-order valence-corrected chi connectivity index (χ2v) is 13.5. The number of thiophene rings is 1. The third-order valence-corrected chi connectivity index (χ3v) is 10.6. The van der Waals surface area contributed by atoms with Crippen LogP contribution in [0.4, 0.5) is 0 Å². The number of benzene rings is 8. The molecule has 0 radical (unpaired) electrons. The largest absolute Gasteiger partial charge is 0.208 e. The first-order chi connectivity index (χ1) is 27.3. The molecule has 0 saturated carbocycles. The van der Waals surface area contributed by atoms with E-state index in [4.69, 9.17) is 21.8 Å². The Morgan fingerprint density at radius 3 is 1.82 bits per heavy atom. The minimum atomic E-state index is -0.413. The molecule has 0 amide bonds. The number of nitrogens with zero attached hydrogens (tertiary/aromatic N) is 3. The van der Waals surface area contributed by atoms with Gasteiger partial charge < -0.3 is 0 Å². The number of fused-ring (bicyclic) bond motifs is 6. The maximum absolute atomic E-state index is 8.89. The van der Waals surface area contributed by atoms with Crippen molar-refractivity contribution in [3.05, 3.63) is 176 Å². The van der Waals surface area contributed by atoms with Crippen LogP contribution < -0.4 is 0 Å². The molecule has 0 fully saturated rings. The first kappa shape index (κ1) is 24.6. The Morgan fingerprint density at radius 2 is 1.04 bits per heavy atom. The summed E-state index contributed by atoms with van der Waals surface area (Å²) in [5.41, 5.74) is 5.23. The molecule has 3 nitrogen and oxygen atoms in total. The van der Waals surface area contributed by atoms with Crippen molar-refractivity contribution >= 4 is 53.1 Å². The zero-order valence-electron chi connectivity index (χ0n) is 32.1. The van der Waals surface area contributed by atoms with Gasteiger partial charge in [0.1, 0.15) is 0 Å². The average molecular weight is 673 g/mol. The first-order valence-electron chi connectivity index (χ1n) is 19.2. The summed E-state index contributed by atoms with van der Waals surface area (Å²) in [7, 11) is 0. The fourth-order valence-corrected chi connectivity index (χ4v) is 8.21. The summed E-state index contributed by atoms with van der Waals surface area (Å²) in [4.78, 5) is 15.3. The number of hydrogen-bond acceptors (Lipinski definition) is 4. The van der Waals surface area contributed by atoms with Gasteiger partial charge in [0.15, 0.2) is 17.5 Å². The molecule has 0 bridgehead atoms. The lowest BCUT2D eigenvalue weighted by Crippen LogP contribution is -2.00. The van der Waals surface area contributed by atoms with Crippen molar-refractivity contribution in [3.8, 4) is 56.4 Å². The lowest BCUT2D eigenvalue weighted by atomic mass is 9.96. The van der Waals surface area contributed by atoms with Gasteiger partial charge in [-0.1, -0.05) is 152 Å². The zero-order valence-corrected chi connectivity index (χ0v) is 27.9. The highest BCUT2D eigenvalue weighted by molar-refractivity contribution is 7.26. The quantitative estimate of drug-likeness (QED) is 0.171. The van der Waals surface area contributed by atoms with E-state index < -0.39 is 6.04 Å². The summed E-state index contributed by atoms with van der Waals surface area (Å²) >= 11 is 1.53. The van der Waals surface area contributed by atoms with Gasteiger partial charge in [0, 0.05) is 42.4 Å². The van der Waals surface area contributed by atoms with Gasteiger partial charge in [0.2, 0.25) is 0 Å². The lowest BCUT2D eigenvalue weighted by molar-refractivity contribution is 1.08. The highest BCUT2D eigenvalue weighted by Crippen LogP contribution is 2.44. The minimum absolute atomic E-state index is 0.183. The van der Waals surface area contributed by atoms with Crippen molar-refractivity contribution in [2.75, 3.05) is 0 Å². The molecule has 2 aromatic heterocycles. The number of hydrogen-bond donors (Lipinski definition) is 0. The van der Waals surface area contributed by atoms with Gasteiger partial charge in [-0.25, -0.2) is 15.0 Å². The van der Waals surface area contributed by atoms with Crippen LogP contribution in [0, 0.1) is 0 Å². The van der Waals surface area contributed by atoms with Crippen LogP contribution in [0.15, 0.2) is 176 Å². The highest BCUT2D eigenvalue weighted by Gasteiger charge is 2.18. The van der Waals surface area contributed by atoms with Gasteiger partial charge >= 0.3 is 0 Å². The topological polar surface area (TPSA) is 38.7 Å². The van der Waals surface area contributed by atoms with E-state index in [9.17, 15) is 0 Å². The van der Waals surface area contributed by atoms with E-state index in [0.29, 0.717) is 23.0 Å². The number of rotatable bonds is 5. The Hall–Kier alpha value is -6.49. The molecule has 2 heterocycles. The summed E-state index contributed by atoms with van der Waals surface area (Å²) < 4.78 is 44.7. The van der Waals surface area contributed by atoms with E-state index in [1.54, 1.807) is 0 Å². The maximum Gasteiger partial charge on any atom is 0.164 e. The Kier molecular flexibility index (Phi) is 5.85. The van der Waals surface area contributed by atoms with Crippen LogP contribution in [0.1, 0.15) is 6.85 Å². The van der Waals surface area contributed by atoms with Crippen molar-refractivity contribution in [1.29, 1.82) is 0 Å². The first-order valence-corrected chi connectivity index (χ1v) is 17.5. The molecule has 0 aliphatic carbocycles. The predicted molar refractivity (Wildman–Crippen MR) is 215 cm³/mol. The Labute approximate surface area is 306 Å². The molecule has 51 heavy (non-hydrogen) atoms. The van der Waals surface area contributed by atoms with Crippen molar-refractivity contribution in [2.45, 2.75) is 0 Å². The Morgan fingerprint density at radius 1 is 0.392 bits per heavy atom. The van der Waals surface area contributed by atoms with E-state index in [0.717, 1.165) is 69.5 Å². The van der Waals surface area contributed by atoms with Crippen LogP contribution >= 0.6 is 11.3 Å². The zero-order chi connectivity index (χ0) is 38.1. The molecular weight excluding hydrogens is 639 g/mol. The second kappa shape index (κ2) is 12.1. The third kappa shape index (κ3) is 5.16. The fourth-order valence-electron chi connectivity index (χ4n) is 6.97. The molecule has 238 valence electrons. The summed E-state index contributed by atoms with van der Waals surface area (Å²) in [6, 6.07) is 47.4. The molecule has 0 unspecified atom stereocenters. The van der Waals surface area contributed by atoms with Crippen LogP contribution in [0.5, 0.6) is 0 Å². The molecule has 8 aromatic carbocycles. The van der Waals surface area contributed by atoms with Gasteiger partial charge in [-0.3, -0.25) is 0 Å². The van der Waals surface area contributed by atoms with Gasteiger partial charge in [0.05, 0.1) is 6.85 Å². The molecule has 10 aromatic rings. The predicted octanol–water partition coefficient (Wildman–Crippen LogP) is 12.9. The van der Waals surface area contributed by atoms with E-state index in [-0.39, 0.29) is 29.7 Å². The van der Waals surface area contributed by atoms with Crippen LogP contribution in [0.3, 0.4) is 0 Å². The van der Waals surface area contributed by atoms with Gasteiger partial charge in [0.25, 0.3) is 0 Å². The minimum Gasteiger partial charge on any atom is -0.208 e. The molecule has 0 saturated heterocycles. The molecule has 4 heteroatoms. The second-order valence-electron chi connectivity index (χ2n) is 12.4. The summed E-state index contributed by atoms with van der Waals surface area (Å²) in [5, 5.41) is 6.36. The van der Waals surface area contributed by atoms with Crippen LogP contribution in [-0.4, -0.2) is 15.0 Å². The fraction of sp³-hybridized carbons (Fsp3) is 0. The Balaban J connectivity index is 1.22. The van der Waals surface area contributed by atoms with Crippen molar-refractivity contribution < 1.29 is 6.85 Å². The highest BCUT2D eigenvalue weighted by atomic mass is 32.1. The molecule has 10 rings (SSSR count). The van der Waals surface area contributed by atoms with Crippen LogP contribution in [0.2, 0.25) is 0 Å². The SMILES string of the molecule is [2H]c1c([2H])c([2H])c(-c2cc(-c3ccccc3)cc3c2sc2cc(-c4nc(-c5ccccc5)nc(-c5cc6ccccc6c6ccccc56)n4)ccc23)c([2H])c1[2H]. The molecule has 0 atom stereocenters. The van der Waals surface area contributed by atoms with E-state index in [1.165, 1.54) is 11.3 Å². The molecule has 0 N–H and O–H groups in total. The molecule has 0 aliphatic heterocycles. The summed E-state index contributed by atoms with van der Waals surface area (Å²) in [6.07, 6.45) is 0. The number of aromatic nitrogens is 3. The van der Waals surface area contributed by atoms with E-state index in [2.05, 4.69) is 60.7 Å². The van der Waals surface area contributed by atoms with Crippen molar-refractivity contribution in [1.82, 2.24) is 15.0 Å².